The van der Waals surface area contributed by atoms with Gasteiger partial charge in [0, 0.05) is 5.69 Å². The van der Waals surface area contributed by atoms with E-state index < -0.39 is 17.7 Å². The third-order valence-electron chi connectivity index (χ3n) is 4.72. The van der Waals surface area contributed by atoms with Crippen LogP contribution in [-0.4, -0.2) is 16.8 Å². The number of nitrogens with zero attached hydrogens (tertiary/aromatic N) is 1. The van der Waals surface area contributed by atoms with E-state index in [1.54, 1.807) is 29.6 Å². The fraction of sp³-hybridized carbons (Fsp3) is 0.0909. The van der Waals surface area contributed by atoms with Gasteiger partial charge in [0.2, 0.25) is 5.78 Å². The van der Waals surface area contributed by atoms with E-state index in [1.807, 2.05) is 49.4 Å². The van der Waals surface area contributed by atoms with Gasteiger partial charge < -0.3 is 5.11 Å². The Balaban J connectivity index is 1.92. The van der Waals surface area contributed by atoms with Gasteiger partial charge in [0.05, 0.1) is 16.5 Å². The van der Waals surface area contributed by atoms with Gasteiger partial charge in [-0.15, -0.1) is 11.3 Å². The predicted octanol–water partition coefficient (Wildman–Crippen LogP) is 4.84. The van der Waals surface area contributed by atoms with Crippen molar-refractivity contribution in [1.82, 2.24) is 0 Å². The summed E-state index contributed by atoms with van der Waals surface area (Å²) < 4.78 is 0. The second-order valence-electron chi connectivity index (χ2n) is 6.34. The van der Waals surface area contributed by atoms with E-state index in [1.165, 1.54) is 16.2 Å². The minimum atomic E-state index is -0.671. The van der Waals surface area contributed by atoms with E-state index in [9.17, 15) is 14.7 Å². The molecule has 0 saturated heterocycles. The zero-order valence-electron chi connectivity index (χ0n) is 14.6. The highest BCUT2D eigenvalue weighted by atomic mass is 32.1. The Morgan fingerprint density at radius 3 is 2.37 bits per heavy atom. The molecule has 3 aromatic rings. The van der Waals surface area contributed by atoms with E-state index in [0.717, 1.165) is 11.1 Å². The Labute approximate surface area is 161 Å². The number of hydrogen-bond donors (Lipinski definition) is 1. The second kappa shape index (κ2) is 6.85. The van der Waals surface area contributed by atoms with Crippen LogP contribution in [0.3, 0.4) is 0 Å². The molecule has 1 N–H and O–H groups in total. The summed E-state index contributed by atoms with van der Waals surface area (Å²) in [5, 5.41) is 12.5. The highest BCUT2D eigenvalue weighted by molar-refractivity contribution is 7.12. The van der Waals surface area contributed by atoms with Crippen LogP contribution in [0.15, 0.2) is 83.4 Å². The van der Waals surface area contributed by atoms with Gasteiger partial charge in [0.1, 0.15) is 0 Å². The molecule has 1 atom stereocenters. The molecular formula is C22H17NO3S. The van der Waals surface area contributed by atoms with Crippen molar-refractivity contribution in [3.8, 4) is 0 Å². The molecule has 4 rings (SSSR count). The first-order chi connectivity index (χ1) is 13.1. The maximum Gasteiger partial charge on any atom is 0.294 e. The molecular weight excluding hydrogens is 358 g/mol. The molecule has 0 saturated carbocycles. The van der Waals surface area contributed by atoms with Crippen LogP contribution in [0, 0.1) is 6.92 Å². The largest absolute Gasteiger partial charge is 0.503 e. The number of anilines is 1. The topological polar surface area (TPSA) is 57.6 Å². The first-order valence-corrected chi connectivity index (χ1v) is 9.43. The molecule has 0 bridgehead atoms. The number of thiophene rings is 1. The Bertz CT molecular complexity index is 1040. The van der Waals surface area contributed by atoms with E-state index in [-0.39, 0.29) is 11.4 Å². The van der Waals surface area contributed by atoms with E-state index in [0.29, 0.717) is 10.6 Å². The minimum Gasteiger partial charge on any atom is -0.503 e. The molecule has 1 aromatic heterocycles. The van der Waals surface area contributed by atoms with Gasteiger partial charge in [0.25, 0.3) is 5.91 Å². The number of aliphatic hydroxyl groups is 1. The smallest absolute Gasteiger partial charge is 0.294 e. The lowest BCUT2D eigenvalue weighted by atomic mass is 9.92. The number of amides is 1. The lowest BCUT2D eigenvalue weighted by Gasteiger charge is -2.28. The van der Waals surface area contributed by atoms with Gasteiger partial charge in [-0.1, -0.05) is 48.5 Å². The number of benzene rings is 2. The van der Waals surface area contributed by atoms with E-state index >= 15 is 0 Å². The van der Waals surface area contributed by atoms with Crippen molar-refractivity contribution in [3.05, 3.63) is 99.4 Å². The molecule has 1 unspecified atom stereocenters. The number of hydrogen-bond acceptors (Lipinski definition) is 4. The molecule has 0 aliphatic carbocycles. The standard InChI is InChI=1S/C22H17NO3S/c1-14-8-5-6-11-16(14)19-18(20(24)17-12-7-13-27-17)21(25)22(26)23(19)15-9-3-2-4-10-15/h2-13,19,25H,1H3. The Kier molecular flexibility index (Phi) is 4.38. The molecule has 27 heavy (non-hydrogen) atoms. The normalized spacial score (nSPS) is 16.9. The van der Waals surface area contributed by atoms with E-state index in [4.69, 9.17) is 0 Å². The van der Waals surface area contributed by atoms with Crippen LogP contribution in [-0.2, 0) is 4.79 Å². The monoisotopic (exact) mass is 375 g/mol. The van der Waals surface area contributed by atoms with Gasteiger partial charge in [-0.3, -0.25) is 14.5 Å². The zero-order valence-corrected chi connectivity index (χ0v) is 15.4. The van der Waals surface area contributed by atoms with Gasteiger partial charge >= 0.3 is 0 Å². The third-order valence-corrected chi connectivity index (χ3v) is 5.58. The van der Waals surface area contributed by atoms with Crippen LogP contribution < -0.4 is 4.90 Å². The Morgan fingerprint density at radius 2 is 1.70 bits per heavy atom. The van der Waals surface area contributed by atoms with Crippen LogP contribution in [0.25, 0.3) is 0 Å². The molecule has 4 nitrogen and oxygen atoms in total. The lowest BCUT2D eigenvalue weighted by molar-refractivity contribution is -0.117. The van der Waals surface area contributed by atoms with Crippen LogP contribution in [0.1, 0.15) is 26.8 Å². The molecule has 0 spiro atoms. The number of ketones is 1. The average molecular weight is 375 g/mol. The average Bonchev–Trinajstić information content (AvgIpc) is 3.30. The molecule has 1 aliphatic rings. The quantitative estimate of drug-likeness (QED) is 0.664. The number of rotatable bonds is 4. The van der Waals surface area contributed by atoms with E-state index in [2.05, 4.69) is 0 Å². The summed E-state index contributed by atoms with van der Waals surface area (Å²) in [6.45, 7) is 1.94. The molecule has 2 aromatic carbocycles. The number of aliphatic hydroxyl groups excluding tert-OH is 1. The van der Waals surface area contributed by atoms with Crippen LogP contribution in [0.5, 0.6) is 0 Å². The van der Waals surface area contributed by atoms with Crippen molar-refractivity contribution in [2.75, 3.05) is 4.90 Å². The van der Waals surface area contributed by atoms with Crippen molar-refractivity contribution < 1.29 is 14.7 Å². The highest BCUT2D eigenvalue weighted by Gasteiger charge is 2.45. The van der Waals surface area contributed by atoms with Crippen molar-refractivity contribution in [1.29, 1.82) is 0 Å². The number of Topliss-reactive ketones (excluding diaryl/α,β-unsaturated/α-hetero) is 1. The molecule has 1 aliphatic heterocycles. The number of aryl methyl sites for hydroxylation is 1. The molecule has 2 heterocycles. The lowest BCUT2D eigenvalue weighted by Crippen LogP contribution is -2.31. The maximum absolute atomic E-state index is 13.1. The molecule has 134 valence electrons. The first-order valence-electron chi connectivity index (χ1n) is 8.55. The molecule has 1 amide bonds. The number of carbonyl (C=O) groups excluding carboxylic acids is 2. The van der Waals surface area contributed by atoms with Crippen molar-refractivity contribution >= 4 is 28.7 Å². The fourth-order valence-electron chi connectivity index (χ4n) is 3.42. The minimum absolute atomic E-state index is 0.126. The molecule has 0 fully saturated rings. The summed E-state index contributed by atoms with van der Waals surface area (Å²) in [6.07, 6.45) is 0. The highest BCUT2D eigenvalue weighted by Crippen LogP contribution is 2.43. The fourth-order valence-corrected chi connectivity index (χ4v) is 4.10. The van der Waals surface area contributed by atoms with Crippen LogP contribution in [0.2, 0.25) is 0 Å². The van der Waals surface area contributed by atoms with Gasteiger partial charge in [-0.2, -0.15) is 0 Å². The summed E-state index contributed by atoms with van der Waals surface area (Å²) >= 11 is 1.29. The summed E-state index contributed by atoms with van der Waals surface area (Å²) in [6, 6.07) is 19.5. The third kappa shape index (κ3) is 2.86. The van der Waals surface area contributed by atoms with Crippen molar-refractivity contribution in [3.63, 3.8) is 0 Å². The van der Waals surface area contributed by atoms with Crippen LogP contribution >= 0.6 is 11.3 Å². The summed E-state index contributed by atoms with van der Waals surface area (Å²) in [5.41, 5.74) is 2.53. The van der Waals surface area contributed by atoms with Gasteiger partial charge in [-0.25, -0.2) is 0 Å². The molecule has 5 heteroatoms. The number of carbonyl (C=O) groups is 2. The first kappa shape index (κ1) is 17.2. The predicted molar refractivity (Wildman–Crippen MR) is 106 cm³/mol. The zero-order chi connectivity index (χ0) is 19.0. The summed E-state index contributed by atoms with van der Waals surface area (Å²) in [4.78, 5) is 28.1. The Morgan fingerprint density at radius 1 is 1.00 bits per heavy atom. The van der Waals surface area contributed by atoms with Crippen molar-refractivity contribution in [2.24, 2.45) is 0 Å². The maximum atomic E-state index is 13.1. The van der Waals surface area contributed by atoms with Crippen molar-refractivity contribution in [2.45, 2.75) is 13.0 Å². The number of para-hydroxylation sites is 1. The summed E-state index contributed by atoms with van der Waals surface area (Å²) in [7, 11) is 0. The SMILES string of the molecule is Cc1ccccc1C1C(C(=O)c2cccs2)=C(O)C(=O)N1c1ccccc1. The van der Waals surface area contributed by atoms with Crippen LogP contribution in [0.4, 0.5) is 5.69 Å². The van der Waals surface area contributed by atoms with Gasteiger partial charge in [-0.05, 0) is 41.6 Å². The van der Waals surface area contributed by atoms with Gasteiger partial charge in [0.15, 0.2) is 5.76 Å². The summed E-state index contributed by atoms with van der Waals surface area (Å²) in [5.74, 6) is -1.36. The molecule has 0 radical (unpaired) electrons. The second-order valence-corrected chi connectivity index (χ2v) is 7.29. The Hall–Kier alpha value is -3.18.